The Balaban J connectivity index is 1.53. The second-order valence-corrected chi connectivity index (χ2v) is 6.87. The van der Waals surface area contributed by atoms with Gasteiger partial charge in [-0.05, 0) is 54.4 Å². The summed E-state index contributed by atoms with van der Waals surface area (Å²) in [5.74, 6) is -0.490. The van der Waals surface area contributed by atoms with Crippen molar-refractivity contribution in [2.24, 2.45) is 5.10 Å². The summed E-state index contributed by atoms with van der Waals surface area (Å²) in [5, 5.41) is 7.29. The molecule has 0 bridgehead atoms. The summed E-state index contributed by atoms with van der Waals surface area (Å²) in [6.45, 7) is 2.08. The van der Waals surface area contributed by atoms with Crippen LogP contribution in [0.4, 0.5) is 5.69 Å². The number of benzene rings is 3. The number of carbonyl (C=O) groups is 2. The summed E-state index contributed by atoms with van der Waals surface area (Å²) in [7, 11) is 0. The molecule has 0 saturated heterocycles. The highest BCUT2D eigenvalue weighted by Gasteiger charge is 2.12. The van der Waals surface area contributed by atoms with Gasteiger partial charge >= 0.3 is 5.97 Å². The first kappa shape index (κ1) is 21.1. The zero-order chi connectivity index (χ0) is 21.3. The lowest BCUT2D eigenvalue weighted by atomic mass is 10.2. The summed E-state index contributed by atoms with van der Waals surface area (Å²) in [5.41, 5.74) is 5.36. The molecule has 30 heavy (non-hydrogen) atoms. The van der Waals surface area contributed by atoms with Gasteiger partial charge in [-0.25, -0.2) is 10.2 Å². The van der Waals surface area contributed by atoms with Gasteiger partial charge in [0.25, 0.3) is 5.91 Å². The number of amides is 1. The molecule has 3 aromatic carbocycles. The Kier molecular flexibility index (Phi) is 7.19. The van der Waals surface area contributed by atoms with E-state index in [2.05, 4.69) is 15.8 Å². The van der Waals surface area contributed by atoms with E-state index in [0.717, 1.165) is 11.3 Å². The number of hydrazone groups is 1. The Bertz CT molecular complexity index is 1080. The molecule has 0 aliphatic rings. The first-order chi connectivity index (χ1) is 14.5. The van der Waals surface area contributed by atoms with E-state index in [4.69, 9.17) is 16.3 Å². The molecule has 2 N–H and O–H groups in total. The number of rotatable bonds is 7. The molecule has 0 spiro atoms. The monoisotopic (exact) mass is 421 g/mol. The fraction of sp³-hybridized carbons (Fsp3) is 0.0870. The fourth-order valence-corrected chi connectivity index (χ4v) is 2.82. The number of esters is 1. The van der Waals surface area contributed by atoms with Crippen LogP contribution in [0.5, 0.6) is 5.75 Å². The summed E-state index contributed by atoms with van der Waals surface area (Å²) in [4.78, 5) is 24.2. The van der Waals surface area contributed by atoms with E-state index in [-0.39, 0.29) is 18.0 Å². The zero-order valence-electron chi connectivity index (χ0n) is 16.3. The van der Waals surface area contributed by atoms with Crippen molar-refractivity contribution < 1.29 is 14.3 Å². The number of aryl methyl sites for hydroxylation is 1. The smallest absolute Gasteiger partial charge is 0.345 e. The number of ether oxygens (including phenoxy) is 1. The molecule has 0 aliphatic heterocycles. The number of halogens is 1. The first-order valence-corrected chi connectivity index (χ1v) is 9.58. The number of hydrogen-bond acceptors (Lipinski definition) is 5. The van der Waals surface area contributed by atoms with E-state index in [9.17, 15) is 9.59 Å². The van der Waals surface area contributed by atoms with Crippen LogP contribution in [0.3, 0.4) is 0 Å². The van der Waals surface area contributed by atoms with Crippen LogP contribution in [0, 0.1) is 6.92 Å². The molecule has 3 rings (SSSR count). The van der Waals surface area contributed by atoms with Gasteiger partial charge in [0.15, 0.2) is 0 Å². The van der Waals surface area contributed by atoms with Gasteiger partial charge in [0.2, 0.25) is 0 Å². The van der Waals surface area contributed by atoms with Crippen LogP contribution in [0.2, 0.25) is 5.02 Å². The Morgan fingerprint density at radius 3 is 2.63 bits per heavy atom. The Morgan fingerprint density at radius 2 is 1.83 bits per heavy atom. The quantitative estimate of drug-likeness (QED) is 0.256. The molecule has 0 aliphatic carbocycles. The van der Waals surface area contributed by atoms with Gasteiger partial charge < -0.3 is 10.1 Å². The lowest BCUT2D eigenvalue weighted by Gasteiger charge is -2.07. The van der Waals surface area contributed by atoms with Gasteiger partial charge in [-0.3, -0.25) is 4.79 Å². The van der Waals surface area contributed by atoms with E-state index in [0.29, 0.717) is 16.3 Å². The lowest BCUT2D eigenvalue weighted by Crippen LogP contribution is -2.25. The number of anilines is 1. The minimum atomic E-state index is -0.551. The van der Waals surface area contributed by atoms with Gasteiger partial charge in [0.1, 0.15) is 5.75 Å². The molecule has 3 aromatic rings. The second kappa shape index (κ2) is 10.2. The molecule has 0 unspecified atom stereocenters. The SMILES string of the molecule is Cc1cccc(NCC(=O)N/N=C/c2cccc(OC(=O)c3ccccc3Cl)c2)c1. The van der Waals surface area contributed by atoms with Crippen LogP contribution in [0.1, 0.15) is 21.5 Å². The molecule has 0 fully saturated rings. The van der Waals surface area contributed by atoms with Crippen molar-refractivity contribution in [2.45, 2.75) is 6.92 Å². The third-order valence-corrected chi connectivity index (χ3v) is 4.37. The fourth-order valence-electron chi connectivity index (χ4n) is 2.60. The van der Waals surface area contributed by atoms with Crippen LogP contribution in [0.15, 0.2) is 77.9 Å². The van der Waals surface area contributed by atoms with Gasteiger partial charge in [-0.15, -0.1) is 0 Å². The van der Waals surface area contributed by atoms with Crippen LogP contribution >= 0.6 is 11.6 Å². The van der Waals surface area contributed by atoms with Gasteiger partial charge in [0.05, 0.1) is 23.3 Å². The minimum Gasteiger partial charge on any atom is -0.423 e. The highest BCUT2D eigenvalue weighted by Crippen LogP contribution is 2.19. The molecule has 0 aromatic heterocycles. The molecule has 0 heterocycles. The lowest BCUT2D eigenvalue weighted by molar-refractivity contribution is -0.119. The topological polar surface area (TPSA) is 79.8 Å². The van der Waals surface area contributed by atoms with Gasteiger partial charge in [0, 0.05) is 5.69 Å². The predicted octanol–water partition coefficient (Wildman–Crippen LogP) is 4.43. The van der Waals surface area contributed by atoms with Crippen LogP contribution < -0.4 is 15.5 Å². The summed E-state index contributed by atoms with van der Waals surface area (Å²) < 4.78 is 5.36. The van der Waals surface area contributed by atoms with E-state index in [1.165, 1.54) is 6.21 Å². The van der Waals surface area contributed by atoms with Crippen LogP contribution in [-0.2, 0) is 4.79 Å². The van der Waals surface area contributed by atoms with Crippen molar-refractivity contribution >= 4 is 35.4 Å². The first-order valence-electron chi connectivity index (χ1n) is 9.20. The number of nitrogens with one attached hydrogen (secondary N) is 2. The standard InChI is InChI=1S/C23H20ClN3O3/c1-16-6-4-8-18(12-16)25-15-22(28)27-26-14-17-7-5-9-19(13-17)30-23(29)20-10-2-3-11-21(20)24/h2-14,25H,15H2,1H3,(H,27,28)/b26-14+. The maximum absolute atomic E-state index is 12.3. The van der Waals surface area contributed by atoms with E-state index < -0.39 is 5.97 Å². The maximum Gasteiger partial charge on any atom is 0.345 e. The van der Waals surface area contributed by atoms with Crippen LogP contribution in [0.25, 0.3) is 0 Å². The maximum atomic E-state index is 12.3. The Hall–Kier alpha value is -3.64. The molecule has 152 valence electrons. The minimum absolute atomic E-state index is 0.0935. The number of nitrogens with zero attached hydrogens (tertiary/aromatic N) is 1. The highest BCUT2D eigenvalue weighted by atomic mass is 35.5. The highest BCUT2D eigenvalue weighted by molar-refractivity contribution is 6.33. The molecule has 0 saturated carbocycles. The van der Waals surface area contributed by atoms with Gasteiger partial charge in [-0.1, -0.05) is 48.0 Å². The molecule has 0 atom stereocenters. The summed E-state index contributed by atoms with van der Waals surface area (Å²) >= 11 is 6.02. The Labute approximate surface area is 179 Å². The summed E-state index contributed by atoms with van der Waals surface area (Å²) in [6.07, 6.45) is 1.47. The molecule has 6 nitrogen and oxygen atoms in total. The van der Waals surface area contributed by atoms with Crippen LogP contribution in [-0.4, -0.2) is 24.6 Å². The van der Waals surface area contributed by atoms with Crippen molar-refractivity contribution in [3.63, 3.8) is 0 Å². The largest absolute Gasteiger partial charge is 0.423 e. The van der Waals surface area contributed by atoms with Gasteiger partial charge in [-0.2, -0.15) is 5.10 Å². The third-order valence-electron chi connectivity index (χ3n) is 4.04. The molecule has 1 amide bonds. The second-order valence-electron chi connectivity index (χ2n) is 6.46. The average molecular weight is 422 g/mol. The van der Waals surface area contributed by atoms with E-state index in [1.54, 1.807) is 48.5 Å². The van der Waals surface area contributed by atoms with Crippen molar-refractivity contribution in [3.8, 4) is 5.75 Å². The number of carbonyl (C=O) groups excluding carboxylic acids is 2. The average Bonchev–Trinajstić information content (AvgIpc) is 2.73. The zero-order valence-corrected chi connectivity index (χ0v) is 17.0. The number of hydrogen-bond donors (Lipinski definition) is 2. The van der Waals surface area contributed by atoms with Crippen molar-refractivity contribution in [1.29, 1.82) is 0 Å². The molecule has 7 heteroatoms. The molecular formula is C23H20ClN3O3. The molecule has 0 radical (unpaired) electrons. The van der Waals surface area contributed by atoms with Crippen molar-refractivity contribution in [2.75, 3.05) is 11.9 Å². The van der Waals surface area contributed by atoms with Crippen molar-refractivity contribution in [1.82, 2.24) is 5.43 Å². The predicted molar refractivity (Wildman–Crippen MR) is 118 cm³/mol. The van der Waals surface area contributed by atoms with E-state index in [1.807, 2.05) is 31.2 Å². The Morgan fingerprint density at radius 1 is 1.03 bits per heavy atom. The van der Waals surface area contributed by atoms with Crippen molar-refractivity contribution in [3.05, 3.63) is 94.5 Å². The third kappa shape index (κ3) is 6.18. The van der Waals surface area contributed by atoms with E-state index >= 15 is 0 Å². The molecular weight excluding hydrogens is 402 g/mol. The summed E-state index contributed by atoms with van der Waals surface area (Å²) in [6, 6.07) is 21.2. The normalized spacial score (nSPS) is 10.6.